The van der Waals surface area contributed by atoms with Crippen molar-refractivity contribution < 1.29 is 0 Å². The molecule has 0 bridgehead atoms. The lowest BCUT2D eigenvalue weighted by Gasteiger charge is -2.43. The van der Waals surface area contributed by atoms with E-state index in [4.69, 9.17) is 11.8 Å². The van der Waals surface area contributed by atoms with Gasteiger partial charge in [0.05, 0.1) is 6.04 Å². The van der Waals surface area contributed by atoms with Crippen LogP contribution in [-0.4, -0.2) is 4.78 Å². The molecule has 0 saturated heterocycles. The largest absolute Gasteiger partial charge is 0.146 e. The predicted octanol–water partition coefficient (Wildman–Crippen LogP) is 9.19. The Balaban J connectivity index is 1.83. The van der Waals surface area contributed by atoms with Crippen molar-refractivity contribution in [3.8, 4) is 0 Å². The maximum Gasteiger partial charge on any atom is 0.146 e. The molecule has 0 spiro atoms. The fourth-order valence-corrected chi connectivity index (χ4v) is 30.3. The summed E-state index contributed by atoms with van der Waals surface area (Å²) in [5, 5.41) is 10.2. The Morgan fingerprint density at radius 1 is 0.283 bits per heavy atom. The minimum atomic E-state index is -2.92. The van der Waals surface area contributed by atoms with Crippen LogP contribution in [0.15, 0.2) is 243 Å². The highest BCUT2D eigenvalue weighted by Crippen LogP contribution is 2.76. The smallest absolute Gasteiger partial charge is 0.0789 e. The van der Waals surface area contributed by atoms with Gasteiger partial charge in [-0.1, -0.05) is 218 Å². The van der Waals surface area contributed by atoms with E-state index in [-0.39, 0.29) is 0 Å². The third-order valence-electron chi connectivity index (χ3n) is 9.98. The zero-order valence-corrected chi connectivity index (χ0v) is 32.8. The summed E-state index contributed by atoms with van der Waals surface area (Å²) in [4.78, 5) is 0. The van der Waals surface area contributed by atoms with Gasteiger partial charge in [0, 0.05) is 6.89 Å². The Labute approximate surface area is 320 Å². The highest BCUT2D eigenvalue weighted by atomic mass is 32.4. The minimum Gasteiger partial charge on any atom is -0.0789 e. The lowest BCUT2D eigenvalue weighted by molar-refractivity contribution is 1.73. The van der Waals surface area contributed by atoms with Crippen LogP contribution in [0.3, 0.4) is 0 Å². The molecular formula is C49H40P3S+. The SMILES string of the molecule is S=P(C(=P(c1ccccc1)(c1ccccc1)c1ccccc1)[P+](c1ccccc1)(c1ccccc1)c1ccccc1)(c1ccccc1)c1ccccc1. The average Bonchev–Trinajstić information content (AvgIpc) is 3.26. The second-order valence-corrected chi connectivity index (χ2v) is 25.0. The van der Waals surface area contributed by atoms with Crippen molar-refractivity contribution in [2.45, 2.75) is 0 Å². The molecule has 0 heterocycles. The fraction of sp³-hybridized carbons (Fsp3) is 0. The molecule has 0 nitrogen and oxygen atoms in total. The second-order valence-electron chi connectivity index (χ2n) is 12.9. The lowest BCUT2D eigenvalue weighted by Crippen LogP contribution is -2.43. The Morgan fingerprint density at radius 3 is 0.736 bits per heavy atom. The molecule has 8 aromatic rings. The lowest BCUT2D eigenvalue weighted by atomic mass is 10.4. The van der Waals surface area contributed by atoms with Crippen LogP contribution in [-0.2, 0) is 11.8 Å². The third kappa shape index (κ3) is 6.13. The summed E-state index contributed by atoms with van der Waals surface area (Å²) in [6.45, 7) is -2.82. The summed E-state index contributed by atoms with van der Waals surface area (Å²) < 4.78 is 1.47. The van der Waals surface area contributed by atoms with E-state index in [9.17, 15) is 0 Å². The second kappa shape index (κ2) is 15.6. The minimum absolute atomic E-state index is 1.20. The maximum absolute atomic E-state index is 7.78. The van der Waals surface area contributed by atoms with Gasteiger partial charge in [-0.25, -0.2) is 0 Å². The zero-order chi connectivity index (χ0) is 36.0. The Kier molecular flexibility index (Phi) is 10.4. The summed E-state index contributed by atoms with van der Waals surface area (Å²) >= 11 is 7.78. The molecule has 0 aliphatic rings. The van der Waals surface area contributed by atoms with Crippen molar-refractivity contribution >= 4 is 79.2 Å². The summed E-state index contributed by atoms with van der Waals surface area (Å²) in [7, 11) is -2.82. The van der Waals surface area contributed by atoms with E-state index in [2.05, 4.69) is 243 Å². The molecule has 8 rings (SSSR count). The quantitative estimate of drug-likeness (QED) is 0.126. The van der Waals surface area contributed by atoms with Crippen LogP contribution in [0.2, 0.25) is 0 Å². The van der Waals surface area contributed by atoms with Crippen LogP contribution in [0, 0.1) is 0 Å². The van der Waals surface area contributed by atoms with Gasteiger partial charge in [-0.05, 0) is 62.9 Å². The number of hydrogen-bond donors (Lipinski definition) is 0. The van der Waals surface area contributed by atoms with Crippen LogP contribution >= 0.6 is 20.2 Å². The first kappa shape index (κ1) is 35.2. The normalized spacial score (nSPS) is 11.8. The number of hydrogen-bond acceptors (Lipinski definition) is 1. The maximum atomic E-state index is 7.78. The standard InChI is InChI=1S/C49H40P3S/c53-52(47-37-21-7-22-38-47,48-39-23-8-24-40-48)49(50(41-25-9-1-10-26-41,42-27-11-2-12-28-42)43-29-13-3-14-30-43)51(44-31-15-4-16-32-44,45-33-17-5-18-34-45)46-35-19-6-20-36-46/h1-40H/q+1. The summed E-state index contributed by atoms with van der Waals surface area (Å²) in [5.41, 5.74) is 0. The molecule has 8 aromatic carbocycles. The summed E-state index contributed by atoms with van der Waals surface area (Å²) in [6.07, 6.45) is 0. The van der Waals surface area contributed by atoms with Gasteiger partial charge in [-0.3, -0.25) is 0 Å². The predicted molar refractivity (Wildman–Crippen MR) is 242 cm³/mol. The van der Waals surface area contributed by atoms with Gasteiger partial charge >= 0.3 is 0 Å². The van der Waals surface area contributed by atoms with Crippen molar-refractivity contribution in [2.24, 2.45) is 0 Å². The molecule has 0 N–H and O–H groups in total. The molecule has 4 heteroatoms. The molecule has 0 amide bonds. The monoisotopic (exact) mass is 753 g/mol. The van der Waals surface area contributed by atoms with E-state index >= 15 is 0 Å². The highest BCUT2D eigenvalue weighted by molar-refractivity contribution is 8.47. The highest BCUT2D eigenvalue weighted by Gasteiger charge is 2.59. The fourth-order valence-electron chi connectivity index (χ4n) is 7.80. The first-order valence-corrected chi connectivity index (χ1v) is 24.3. The van der Waals surface area contributed by atoms with Gasteiger partial charge in [0.25, 0.3) is 0 Å². The summed E-state index contributed by atoms with van der Waals surface area (Å²) in [5.74, 6) is 0. The molecule has 0 unspecified atom stereocenters. The van der Waals surface area contributed by atoms with Gasteiger partial charge in [0.15, 0.2) is 0 Å². The van der Waals surface area contributed by atoms with E-state index in [1.165, 1.54) is 47.2 Å². The molecule has 53 heavy (non-hydrogen) atoms. The van der Waals surface area contributed by atoms with Crippen LogP contribution in [0.5, 0.6) is 0 Å². The first-order valence-electron chi connectivity index (χ1n) is 17.9. The molecule has 0 fully saturated rings. The Bertz CT molecular complexity index is 2250. The van der Waals surface area contributed by atoms with E-state index < -0.39 is 20.2 Å². The topological polar surface area (TPSA) is 0 Å². The van der Waals surface area contributed by atoms with Crippen LogP contribution in [0.1, 0.15) is 0 Å². The molecule has 256 valence electrons. The van der Waals surface area contributed by atoms with Crippen LogP contribution < -0.4 is 42.4 Å². The van der Waals surface area contributed by atoms with E-state index in [0.717, 1.165) is 0 Å². The van der Waals surface area contributed by atoms with Crippen molar-refractivity contribution in [3.63, 3.8) is 0 Å². The van der Waals surface area contributed by atoms with Crippen LogP contribution in [0.25, 0.3) is 0 Å². The van der Waals surface area contributed by atoms with Crippen molar-refractivity contribution in [2.75, 3.05) is 0 Å². The number of rotatable bonds is 10. The van der Waals surface area contributed by atoms with E-state index in [1.54, 1.807) is 0 Å². The van der Waals surface area contributed by atoms with Gasteiger partial charge in [-0.15, -0.1) is 0 Å². The van der Waals surface area contributed by atoms with Gasteiger partial charge < -0.3 is 0 Å². The molecule has 0 atom stereocenters. The van der Waals surface area contributed by atoms with Crippen LogP contribution in [0.4, 0.5) is 0 Å². The van der Waals surface area contributed by atoms with Gasteiger partial charge in [-0.2, -0.15) is 0 Å². The zero-order valence-electron chi connectivity index (χ0n) is 29.3. The van der Waals surface area contributed by atoms with E-state index in [0.29, 0.717) is 0 Å². The average molecular weight is 754 g/mol. The summed E-state index contributed by atoms with van der Waals surface area (Å²) in [6, 6.07) is 87.2. The van der Waals surface area contributed by atoms with E-state index in [1.807, 2.05) is 0 Å². The van der Waals surface area contributed by atoms with Gasteiger partial charge in [0.1, 0.15) is 28.0 Å². The molecule has 0 saturated carbocycles. The van der Waals surface area contributed by atoms with Crippen molar-refractivity contribution in [1.82, 2.24) is 0 Å². The van der Waals surface area contributed by atoms with Gasteiger partial charge in [0.2, 0.25) is 0 Å². The van der Waals surface area contributed by atoms with Crippen molar-refractivity contribution in [1.29, 1.82) is 0 Å². The first-order chi connectivity index (χ1) is 26.2. The third-order valence-corrected chi connectivity index (χ3v) is 28.3. The molecular weight excluding hydrogens is 714 g/mol. The Hall–Kier alpha value is -4.86. The van der Waals surface area contributed by atoms with Crippen molar-refractivity contribution in [3.05, 3.63) is 243 Å². The molecule has 0 radical (unpaired) electrons. The Morgan fingerprint density at radius 2 is 0.491 bits per heavy atom. The number of benzene rings is 8. The molecule has 0 aliphatic heterocycles. The molecule has 0 aromatic heterocycles. The molecule has 0 aliphatic carbocycles.